The summed E-state index contributed by atoms with van der Waals surface area (Å²) in [5, 5.41) is 8.86. The maximum absolute atomic E-state index is 13.7. The molecule has 0 atom stereocenters. The van der Waals surface area contributed by atoms with Crippen molar-refractivity contribution in [3.8, 4) is 17.1 Å². The maximum atomic E-state index is 13.7. The van der Waals surface area contributed by atoms with E-state index in [9.17, 15) is 9.18 Å². The van der Waals surface area contributed by atoms with E-state index in [-0.39, 0.29) is 18.8 Å². The molecular formula is C23H22FNO4. The van der Waals surface area contributed by atoms with Gasteiger partial charge in [-0.25, -0.2) is 4.39 Å². The highest BCUT2D eigenvalue weighted by Gasteiger charge is 2.21. The van der Waals surface area contributed by atoms with Gasteiger partial charge in [-0.1, -0.05) is 18.2 Å². The van der Waals surface area contributed by atoms with Gasteiger partial charge in [0.2, 0.25) is 0 Å². The van der Waals surface area contributed by atoms with E-state index in [2.05, 4.69) is 4.90 Å². The molecule has 2 heterocycles. The van der Waals surface area contributed by atoms with Crippen LogP contribution in [-0.4, -0.2) is 29.1 Å². The number of rotatable bonds is 7. The quantitative estimate of drug-likeness (QED) is 0.638. The van der Waals surface area contributed by atoms with Crippen LogP contribution < -0.4 is 4.74 Å². The molecule has 0 amide bonds. The lowest BCUT2D eigenvalue weighted by molar-refractivity contribution is -0.137. The van der Waals surface area contributed by atoms with Crippen molar-refractivity contribution in [3.63, 3.8) is 0 Å². The Bertz CT molecular complexity index is 996. The Hall–Kier alpha value is -3.12. The molecule has 1 aliphatic rings. The lowest BCUT2D eigenvalue weighted by atomic mass is 10.1. The van der Waals surface area contributed by atoms with Crippen LogP contribution in [-0.2, 0) is 24.4 Å². The monoisotopic (exact) mass is 395 g/mol. The zero-order chi connectivity index (χ0) is 20.2. The molecule has 5 nitrogen and oxygen atoms in total. The van der Waals surface area contributed by atoms with E-state index in [1.165, 1.54) is 6.07 Å². The summed E-state index contributed by atoms with van der Waals surface area (Å²) < 4.78 is 25.4. The van der Waals surface area contributed by atoms with Crippen LogP contribution in [0, 0.1) is 5.82 Å². The number of hydrogen-bond donors (Lipinski definition) is 1. The van der Waals surface area contributed by atoms with Crippen LogP contribution in [0.5, 0.6) is 5.75 Å². The zero-order valence-corrected chi connectivity index (χ0v) is 15.9. The van der Waals surface area contributed by atoms with Gasteiger partial charge < -0.3 is 14.3 Å². The van der Waals surface area contributed by atoms with Crippen molar-refractivity contribution < 1.29 is 23.4 Å². The third-order valence-corrected chi connectivity index (χ3v) is 5.08. The molecule has 1 N–H and O–H groups in total. The fourth-order valence-corrected chi connectivity index (χ4v) is 3.47. The molecule has 0 fully saturated rings. The van der Waals surface area contributed by atoms with E-state index in [0.717, 1.165) is 35.6 Å². The molecule has 1 aliphatic heterocycles. The molecule has 29 heavy (non-hydrogen) atoms. The highest BCUT2D eigenvalue weighted by molar-refractivity contribution is 5.66. The van der Waals surface area contributed by atoms with Gasteiger partial charge in [0.1, 0.15) is 29.7 Å². The van der Waals surface area contributed by atoms with E-state index in [4.69, 9.17) is 14.3 Å². The molecule has 0 saturated heterocycles. The molecule has 2 aromatic carbocycles. The minimum Gasteiger partial charge on any atom is -0.489 e. The summed E-state index contributed by atoms with van der Waals surface area (Å²) in [5.74, 6) is 1.36. The summed E-state index contributed by atoms with van der Waals surface area (Å²) in [6, 6.07) is 16.1. The Morgan fingerprint density at radius 1 is 1.17 bits per heavy atom. The standard InChI is InChI=1S/C23H22FNO4/c24-20-4-2-1-3-17(20)15-28-19-7-5-16(6-8-19)22-13-18-14-25(12-10-23(26)27)11-9-21(18)29-22/h1-8,13H,9-12,14-15H2,(H,26,27). The van der Waals surface area contributed by atoms with E-state index in [1.807, 2.05) is 30.3 Å². The van der Waals surface area contributed by atoms with Gasteiger partial charge in [-0.15, -0.1) is 0 Å². The summed E-state index contributed by atoms with van der Waals surface area (Å²) in [6.07, 6.45) is 0.924. The van der Waals surface area contributed by atoms with Crippen molar-refractivity contribution in [2.24, 2.45) is 0 Å². The molecule has 0 spiro atoms. The van der Waals surface area contributed by atoms with Gasteiger partial charge in [0.25, 0.3) is 0 Å². The Labute approximate surface area is 168 Å². The normalized spacial score (nSPS) is 13.8. The van der Waals surface area contributed by atoms with Crippen molar-refractivity contribution >= 4 is 5.97 Å². The predicted octanol–water partition coefficient (Wildman–Crippen LogP) is 4.50. The Kier molecular flexibility index (Phi) is 5.62. The van der Waals surface area contributed by atoms with Crippen molar-refractivity contribution in [2.45, 2.75) is 26.0 Å². The number of hydrogen-bond acceptors (Lipinski definition) is 4. The molecule has 150 valence electrons. The second-order valence-electron chi connectivity index (χ2n) is 7.13. The predicted molar refractivity (Wildman–Crippen MR) is 106 cm³/mol. The molecule has 0 radical (unpaired) electrons. The van der Waals surface area contributed by atoms with E-state index >= 15 is 0 Å². The Morgan fingerprint density at radius 2 is 1.97 bits per heavy atom. The molecule has 0 bridgehead atoms. The topological polar surface area (TPSA) is 62.9 Å². The molecule has 0 unspecified atom stereocenters. The van der Waals surface area contributed by atoms with Gasteiger partial charge in [-0.3, -0.25) is 9.69 Å². The number of carboxylic acid groups (broad SMARTS) is 1. The Morgan fingerprint density at radius 3 is 2.72 bits per heavy atom. The number of furan rings is 1. The highest BCUT2D eigenvalue weighted by Crippen LogP contribution is 2.30. The average Bonchev–Trinajstić information content (AvgIpc) is 3.15. The van der Waals surface area contributed by atoms with Crippen LogP contribution in [0.3, 0.4) is 0 Å². The van der Waals surface area contributed by atoms with Gasteiger partial charge in [0, 0.05) is 42.7 Å². The number of carboxylic acids is 1. The second-order valence-corrected chi connectivity index (χ2v) is 7.13. The third kappa shape index (κ3) is 4.66. The number of benzene rings is 2. The third-order valence-electron chi connectivity index (χ3n) is 5.08. The van der Waals surface area contributed by atoms with E-state index in [0.29, 0.717) is 24.4 Å². The van der Waals surface area contributed by atoms with E-state index < -0.39 is 5.97 Å². The van der Waals surface area contributed by atoms with Crippen LogP contribution in [0.2, 0.25) is 0 Å². The summed E-state index contributed by atoms with van der Waals surface area (Å²) in [7, 11) is 0. The van der Waals surface area contributed by atoms with Gasteiger partial charge in [0.15, 0.2) is 0 Å². The summed E-state index contributed by atoms with van der Waals surface area (Å²) >= 11 is 0. The number of halogens is 1. The molecule has 4 rings (SSSR count). The molecule has 6 heteroatoms. The van der Waals surface area contributed by atoms with E-state index in [1.54, 1.807) is 18.2 Å². The average molecular weight is 395 g/mol. The van der Waals surface area contributed by atoms with Crippen molar-refractivity contribution in [3.05, 3.63) is 77.3 Å². The molecule has 3 aromatic rings. The first-order chi connectivity index (χ1) is 14.1. The SMILES string of the molecule is O=C(O)CCN1CCc2oc(-c3ccc(OCc4ccccc4F)cc3)cc2C1. The number of fused-ring (bicyclic) bond motifs is 1. The summed E-state index contributed by atoms with van der Waals surface area (Å²) in [6.45, 7) is 2.22. The molecular weight excluding hydrogens is 373 g/mol. The summed E-state index contributed by atoms with van der Waals surface area (Å²) in [4.78, 5) is 12.9. The number of carbonyl (C=O) groups is 1. The van der Waals surface area contributed by atoms with Gasteiger partial charge in [-0.05, 0) is 36.4 Å². The fraction of sp³-hybridized carbons (Fsp3) is 0.261. The maximum Gasteiger partial charge on any atom is 0.304 e. The van der Waals surface area contributed by atoms with Crippen LogP contribution in [0.1, 0.15) is 23.3 Å². The van der Waals surface area contributed by atoms with Crippen molar-refractivity contribution in [2.75, 3.05) is 13.1 Å². The van der Waals surface area contributed by atoms with Crippen LogP contribution in [0.15, 0.2) is 59.0 Å². The lowest BCUT2D eigenvalue weighted by Crippen LogP contribution is -2.31. The zero-order valence-electron chi connectivity index (χ0n) is 15.9. The number of ether oxygens (including phenoxy) is 1. The molecule has 1 aromatic heterocycles. The number of aliphatic carboxylic acids is 1. The lowest BCUT2D eigenvalue weighted by Gasteiger charge is -2.25. The minimum absolute atomic E-state index is 0.147. The first-order valence-electron chi connectivity index (χ1n) is 9.61. The van der Waals surface area contributed by atoms with Crippen molar-refractivity contribution in [1.29, 1.82) is 0 Å². The first kappa shape index (κ1) is 19.2. The first-order valence-corrected chi connectivity index (χ1v) is 9.61. The van der Waals surface area contributed by atoms with Crippen LogP contribution >= 0.6 is 0 Å². The molecule has 0 aliphatic carbocycles. The van der Waals surface area contributed by atoms with Gasteiger partial charge >= 0.3 is 5.97 Å². The van der Waals surface area contributed by atoms with Crippen molar-refractivity contribution in [1.82, 2.24) is 4.90 Å². The van der Waals surface area contributed by atoms with Crippen LogP contribution in [0.4, 0.5) is 4.39 Å². The highest BCUT2D eigenvalue weighted by atomic mass is 19.1. The second kappa shape index (κ2) is 8.49. The Balaban J connectivity index is 1.40. The molecule has 0 saturated carbocycles. The van der Waals surface area contributed by atoms with Crippen LogP contribution in [0.25, 0.3) is 11.3 Å². The minimum atomic E-state index is -0.777. The smallest absolute Gasteiger partial charge is 0.304 e. The summed E-state index contributed by atoms with van der Waals surface area (Å²) in [5.41, 5.74) is 2.56. The van der Waals surface area contributed by atoms with Gasteiger partial charge in [0.05, 0.1) is 6.42 Å². The fourth-order valence-electron chi connectivity index (χ4n) is 3.47. The van der Waals surface area contributed by atoms with Gasteiger partial charge in [-0.2, -0.15) is 0 Å². The largest absolute Gasteiger partial charge is 0.489 e. The number of nitrogens with zero attached hydrogens (tertiary/aromatic N) is 1.